The number of aryl methyl sites for hydroxylation is 1. The Labute approximate surface area is 115 Å². The molecule has 3 rings (SSSR count). The lowest BCUT2D eigenvalue weighted by molar-refractivity contribution is 0.634. The van der Waals surface area contributed by atoms with Crippen molar-refractivity contribution in [2.45, 2.75) is 19.5 Å². The molecule has 0 saturated heterocycles. The van der Waals surface area contributed by atoms with Crippen LogP contribution in [0.15, 0.2) is 42.0 Å². The predicted molar refractivity (Wildman–Crippen MR) is 78.9 cm³/mol. The first-order chi connectivity index (χ1) is 9.33. The van der Waals surface area contributed by atoms with Crippen LogP contribution in [0.1, 0.15) is 24.1 Å². The number of aromatic nitrogens is 2. The van der Waals surface area contributed by atoms with Crippen molar-refractivity contribution < 1.29 is 0 Å². The van der Waals surface area contributed by atoms with E-state index in [1.807, 2.05) is 17.1 Å². The summed E-state index contributed by atoms with van der Waals surface area (Å²) in [7, 11) is 0. The highest BCUT2D eigenvalue weighted by Crippen LogP contribution is 2.32. The Bertz CT molecular complexity index is 685. The average Bonchev–Trinajstić information content (AvgIpc) is 3.07. The minimum Gasteiger partial charge on any atom is -0.273 e. The molecule has 0 fully saturated rings. The maximum atomic E-state index is 5.76. The third-order valence-corrected chi connectivity index (χ3v) is 4.28. The third kappa shape index (κ3) is 2.16. The molecule has 19 heavy (non-hydrogen) atoms. The van der Waals surface area contributed by atoms with Crippen LogP contribution in [0.2, 0.25) is 0 Å². The Kier molecular flexibility index (Phi) is 3.33. The summed E-state index contributed by atoms with van der Waals surface area (Å²) in [6.45, 7) is 2.93. The Hall–Kier alpha value is -1.69. The molecule has 5 heteroatoms. The van der Waals surface area contributed by atoms with Crippen LogP contribution < -0.4 is 11.3 Å². The summed E-state index contributed by atoms with van der Waals surface area (Å²) in [5.74, 6) is 5.76. The van der Waals surface area contributed by atoms with Crippen LogP contribution >= 0.6 is 11.3 Å². The minimum atomic E-state index is -0.0172. The number of rotatable bonds is 4. The molecule has 3 N–H and O–H groups in total. The van der Waals surface area contributed by atoms with Crippen LogP contribution in [0.4, 0.5) is 0 Å². The molecule has 0 bridgehead atoms. The molecule has 1 unspecified atom stereocenters. The van der Waals surface area contributed by atoms with Gasteiger partial charge in [-0.15, -0.1) is 11.3 Å². The lowest BCUT2D eigenvalue weighted by Crippen LogP contribution is -2.28. The molecule has 4 nitrogen and oxygen atoms in total. The molecule has 2 heterocycles. The monoisotopic (exact) mass is 272 g/mol. The molecule has 0 radical (unpaired) electrons. The molecule has 1 atom stereocenters. The lowest BCUT2D eigenvalue weighted by atomic mass is 10.0. The van der Waals surface area contributed by atoms with E-state index in [2.05, 4.69) is 47.1 Å². The van der Waals surface area contributed by atoms with E-state index in [1.165, 1.54) is 15.6 Å². The number of hydrogen-bond acceptors (Lipinski definition) is 4. The van der Waals surface area contributed by atoms with Crippen molar-refractivity contribution in [3.05, 3.63) is 53.2 Å². The van der Waals surface area contributed by atoms with Crippen molar-refractivity contribution in [1.29, 1.82) is 0 Å². The van der Waals surface area contributed by atoms with Gasteiger partial charge in [0.05, 0.1) is 12.2 Å². The van der Waals surface area contributed by atoms with Gasteiger partial charge < -0.3 is 0 Å². The second-order valence-electron chi connectivity index (χ2n) is 4.42. The van der Waals surface area contributed by atoms with Gasteiger partial charge in [-0.05, 0) is 29.3 Å². The Balaban J connectivity index is 2.06. The number of thiophene rings is 1. The third-order valence-electron chi connectivity index (χ3n) is 3.30. The van der Waals surface area contributed by atoms with Crippen molar-refractivity contribution in [3.8, 4) is 0 Å². The SMILES string of the molecule is CCn1cc(C(NN)c2csc3ccccc23)cn1. The highest BCUT2D eigenvalue weighted by atomic mass is 32.1. The number of benzene rings is 1. The van der Waals surface area contributed by atoms with Crippen LogP contribution in [0.5, 0.6) is 0 Å². The molecule has 2 aromatic heterocycles. The van der Waals surface area contributed by atoms with Gasteiger partial charge in [0.1, 0.15) is 0 Å². The van der Waals surface area contributed by atoms with Crippen LogP contribution in [0.25, 0.3) is 10.1 Å². The van der Waals surface area contributed by atoms with E-state index in [0.717, 1.165) is 12.1 Å². The van der Waals surface area contributed by atoms with Crippen molar-refractivity contribution >= 4 is 21.4 Å². The first-order valence-corrected chi connectivity index (χ1v) is 7.16. The van der Waals surface area contributed by atoms with Crippen LogP contribution in [0, 0.1) is 0 Å². The van der Waals surface area contributed by atoms with Gasteiger partial charge in [-0.25, -0.2) is 5.43 Å². The van der Waals surface area contributed by atoms with E-state index in [-0.39, 0.29) is 6.04 Å². The van der Waals surface area contributed by atoms with Crippen molar-refractivity contribution in [3.63, 3.8) is 0 Å². The second kappa shape index (κ2) is 5.13. The molecular weight excluding hydrogens is 256 g/mol. The van der Waals surface area contributed by atoms with E-state index in [1.54, 1.807) is 11.3 Å². The van der Waals surface area contributed by atoms with Gasteiger partial charge in [0.2, 0.25) is 0 Å². The standard InChI is InChI=1S/C14H16N4S/c1-2-18-8-10(7-16-18)14(17-15)12-9-19-13-6-4-3-5-11(12)13/h3-9,14,17H,2,15H2,1H3. The molecule has 3 aromatic rings. The van der Waals surface area contributed by atoms with Crippen LogP contribution in [0.3, 0.4) is 0 Å². The van der Waals surface area contributed by atoms with Gasteiger partial charge in [0.15, 0.2) is 0 Å². The Morgan fingerprint density at radius 3 is 3.00 bits per heavy atom. The fourth-order valence-corrected chi connectivity index (χ4v) is 3.28. The normalized spacial score (nSPS) is 12.9. The van der Waals surface area contributed by atoms with Gasteiger partial charge in [-0.3, -0.25) is 10.5 Å². The average molecular weight is 272 g/mol. The second-order valence-corrected chi connectivity index (χ2v) is 5.33. The number of hydrazine groups is 1. The largest absolute Gasteiger partial charge is 0.273 e. The number of nitrogens with two attached hydrogens (primary N) is 1. The molecule has 98 valence electrons. The summed E-state index contributed by atoms with van der Waals surface area (Å²) < 4.78 is 3.19. The molecule has 0 aliphatic carbocycles. The highest BCUT2D eigenvalue weighted by molar-refractivity contribution is 7.17. The summed E-state index contributed by atoms with van der Waals surface area (Å²) >= 11 is 1.74. The molecule has 1 aromatic carbocycles. The summed E-state index contributed by atoms with van der Waals surface area (Å²) in [6.07, 6.45) is 3.91. The number of fused-ring (bicyclic) bond motifs is 1. The van der Waals surface area contributed by atoms with Crippen molar-refractivity contribution in [2.24, 2.45) is 5.84 Å². The van der Waals surface area contributed by atoms with Crippen molar-refractivity contribution in [1.82, 2.24) is 15.2 Å². The first kappa shape index (κ1) is 12.3. The van der Waals surface area contributed by atoms with Gasteiger partial charge in [0.25, 0.3) is 0 Å². The Morgan fingerprint density at radius 2 is 2.26 bits per heavy atom. The van der Waals surface area contributed by atoms with Gasteiger partial charge in [0, 0.05) is 23.0 Å². The van der Waals surface area contributed by atoms with Gasteiger partial charge in [-0.1, -0.05) is 18.2 Å². The summed E-state index contributed by atoms with van der Waals surface area (Å²) in [5, 5.41) is 7.73. The maximum Gasteiger partial charge on any atom is 0.0754 e. The van der Waals surface area contributed by atoms with E-state index in [9.17, 15) is 0 Å². The van der Waals surface area contributed by atoms with Crippen LogP contribution in [-0.2, 0) is 6.54 Å². The number of nitrogens with zero attached hydrogens (tertiary/aromatic N) is 2. The first-order valence-electron chi connectivity index (χ1n) is 6.28. The zero-order chi connectivity index (χ0) is 13.2. The molecule has 0 amide bonds. The minimum absolute atomic E-state index is 0.0172. The maximum absolute atomic E-state index is 5.76. The molecular formula is C14H16N4S. The molecule has 0 aliphatic rings. The van der Waals surface area contributed by atoms with Crippen LogP contribution in [-0.4, -0.2) is 9.78 Å². The highest BCUT2D eigenvalue weighted by Gasteiger charge is 2.18. The summed E-state index contributed by atoms with van der Waals surface area (Å²) in [4.78, 5) is 0. The smallest absolute Gasteiger partial charge is 0.0754 e. The fourth-order valence-electron chi connectivity index (χ4n) is 2.29. The molecule has 0 spiro atoms. The summed E-state index contributed by atoms with van der Waals surface area (Å²) in [6, 6.07) is 8.36. The molecule has 0 saturated carbocycles. The lowest BCUT2D eigenvalue weighted by Gasteiger charge is -2.13. The zero-order valence-corrected chi connectivity index (χ0v) is 11.5. The fraction of sp³-hybridized carbons (Fsp3) is 0.214. The summed E-state index contributed by atoms with van der Waals surface area (Å²) in [5.41, 5.74) is 5.20. The topological polar surface area (TPSA) is 55.9 Å². The predicted octanol–water partition coefficient (Wildman–Crippen LogP) is 2.67. The van der Waals surface area contributed by atoms with E-state index >= 15 is 0 Å². The Morgan fingerprint density at radius 1 is 1.42 bits per heavy atom. The van der Waals surface area contributed by atoms with E-state index in [0.29, 0.717) is 0 Å². The van der Waals surface area contributed by atoms with Gasteiger partial charge in [-0.2, -0.15) is 5.10 Å². The van der Waals surface area contributed by atoms with E-state index in [4.69, 9.17) is 5.84 Å². The quantitative estimate of drug-likeness (QED) is 0.567. The van der Waals surface area contributed by atoms with Gasteiger partial charge >= 0.3 is 0 Å². The number of hydrogen-bond donors (Lipinski definition) is 2. The number of nitrogens with one attached hydrogen (secondary N) is 1. The van der Waals surface area contributed by atoms with E-state index < -0.39 is 0 Å². The molecule has 0 aliphatic heterocycles. The van der Waals surface area contributed by atoms with Crippen molar-refractivity contribution in [2.75, 3.05) is 0 Å². The zero-order valence-electron chi connectivity index (χ0n) is 10.7.